The number of carbonyl (C=O) groups is 1. The van der Waals surface area contributed by atoms with E-state index in [0.29, 0.717) is 10.6 Å². The van der Waals surface area contributed by atoms with Gasteiger partial charge in [-0.05, 0) is 17.5 Å². The van der Waals surface area contributed by atoms with Crippen LogP contribution in [0, 0.1) is 11.8 Å². The number of fused-ring (bicyclic) bond motifs is 1. The van der Waals surface area contributed by atoms with Crippen molar-refractivity contribution in [3.8, 4) is 11.8 Å². The summed E-state index contributed by atoms with van der Waals surface area (Å²) in [5, 5.41) is 2.45. The van der Waals surface area contributed by atoms with Gasteiger partial charge in [-0.2, -0.15) is 0 Å². The first-order valence-corrected chi connectivity index (χ1v) is 5.05. The molecule has 0 saturated carbocycles. The molecule has 0 heterocycles. The van der Waals surface area contributed by atoms with Crippen molar-refractivity contribution >= 4 is 28.3 Å². The molecule has 0 aliphatic rings. The van der Waals surface area contributed by atoms with Crippen molar-refractivity contribution in [1.29, 1.82) is 0 Å². The van der Waals surface area contributed by atoms with Gasteiger partial charge in [0.25, 0.3) is 5.91 Å². The number of halogens is 1. The standard InChI is InChI=1S/C13H8ClNO/c14-11-6-2-5-9-3-1-4-10(13(9)11)7-8-12(15)16/h1-6H,(H2,15,16). The van der Waals surface area contributed by atoms with Crippen molar-refractivity contribution in [3.63, 3.8) is 0 Å². The van der Waals surface area contributed by atoms with Crippen LogP contribution < -0.4 is 5.73 Å². The van der Waals surface area contributed by atoms with Crippen molar-refractivity contribution in [1.82, 2.24) is 0 Å². The van der Waals surface area contributed by atoms with Crippen LogP contribution in [0.3, 0.4) is 0 Å². The Balaban J connectivity index is 2.72. The maximum Gasteiger partial charge on any atom is 0.293 e. The van der Waals surface area contributed by atoms with Crippen molar-refractivity contribution in [2.75, 3.05) is 0 Å². The normalized spacial score (nSPS) is 9.56. The molecule has 0 fully saturated rings. The number of amides is 1. The lowest BCUT2D eigenvalue weighted by Crippen LogP contribution is -2.06. The van der Waals surface area contributed by atoms with Crippen molar-refractivity contribution < 1.29 is 4.79 Å². The summed E-state index contributed by atoms with van der Waals surface area (Å²) in [5.74, 6) is 4.38. The van der Waals surface area contributed by atoms with Crippen molar-refractivity contribution in [2.45, 2.75) is 0 Å². The molecule has 0 saturated heterocycles. The smallest absolute Gasteiger partial charge is 0.293 e. The first-order chi connectivity index (χ1) is 7.68. The molecular weight excluding hydrogens is 222 g/mol. The SMILES string of the molecule is NC(=O)C#Cc1cccc2cccc(Cl)c12. The molecule has 0 aromatic heterocycles. The van der Waals surface area contributed by atoms with E-state index >= 15 is 0 Å². The number of benzene rings is 2. The van der Waals surface area contributed by atoms with Crippen molar-refractivity contribution in [3.05, 3.63) is 47.0 Å². The van der Waals surface area contributed by atoms with E-state index in [0.717, 1.165) is 10.8 Å². The van der Waals surface area contributed by atoms with E-state index < -0.39 is 5.91 Å². The minimum atomic E-state index is -0.649. The van der Waals surface area contributed by atoms with E-state index in [4.69, 9.17) is 17.3 Å². The maximum absolute atomic E-state index is 10.6. The summed E-state index contributed by atoms with van der Waals surface area (Å²) in [6, 6.07) is 11.2. The Morgan fingerprint density at radius 1 is 1.19 bits per heavy atom. The van der Waals surface area contributed by atoms with Crippen LogP contribution in [0.25, 0.3) is 10.8 Å². The van der Waals surface area contributed by atoms with Crippen molar-refractivity contribution in [2.24, 2.45) is 5.73 Å². The zero-order valence-electron chi connectivity index (χ0n) is 8.33. The van der Waals surface area contributed by atoms with E-state index in [1.54, 1.807) is 6.07 Å². The van der Waals surface area contributed by atoms with Crippen LogP contribution in [0.5, 0.6) is 0 Å². The molecular formula is C13H8ClNO. The highest BCUT2D eigenvalue weighted by atomic mass is 35.5. The predicted octanol–water partition coefficient (Wildman–Crippen LogP) is 2.33. The molecule has 1 amide bonds. The highest BCUT2D eigenvalue weighted by Crippen LogP contribution is 2.26. The molecule has 0 aliphatic carbocycles. The topological polar surface area (TPSA) is 43.1 Å². The maximum atomic E-state index is 10.6. The molecule has 0 atom stereocenters. The van der Waals surface area contributed by atoms with Crippen LogP contribution in [0.1, 0.15) is 5.56 Å². The molecule has 2 N–H and O–H groups in total. The second-order valence-corrected chi connectivity index (χ2v) is 3.66. The van der Waals surface area contributed by atoms with E-state index in [1.807, 2.05) is 30.3 Å². The van der Waals surface area contributed by atoms with Gasteiger partial charge >= 0.3 is 0 Å². The summed E-state index contributed by atoms with van der Waals surface area (Å²) in [5.41, 5.74) is 5.69. The van der Waals surface area contributed by atoms with E-state index in [-0.39, 0.29) is 0 Å². The highest BCUT2D eigenvalue weighted by Gasteiger charge is 2.02. The number of rotatable bonds is 0. The quantitative estimate of drug-likeness (QED) is 0.693. The molecule has 0 bridgehead atoms. The van der Waals surface area contributed by atoms with Crippen LogP contribution in [-0.4, -0.2) is 5.91 Å². The zero-order valence-corrected chi connectivity index (χ0v) is 9.08. The third-order valence-corrected chi connectivity index (χ3v) is 2.49. The number of nitrogens with two attached hydrogens (primary N) is 1. The summed E-state index contributed by atoms with van der Waals surface area (Å²) < 4.78 is 0. The molecule has 0 aliphatic heterocycles. The van der Waals surface area contributed by atoms with Gasteiger partial charge in [-0.25, -0.2) is 0 Å². The molecule has 0 unspecified atom stereocenters. The zero-order chi connectivity index (χ0) is 11.5. The van der Waals surface area contributed by atoms with E-state index in [9.17, 15) is 4.79 Å². The lowest BCUT2D eigenvalue weighted by molar-refractivity contribution is -0.112. The Labute approximate surface area is 98.0 Å². The van der Waals surface area contributed by atoms with Crippen LogP contribution in [-0.2, 0) is 4.79 Å². The van der Waals surface area contributed by atoms with Gasteiger partial charge in [-0.15, -0.1) is 0 Å². The first kappa shape index (κ1) is 10.5. The number of carbonyl (C=O) groups excluding carboxylic acids is 1. The molecule has 3 heteroatoms. The number of primary amides is 1. The van der Waals surface area contributed by atoms with Gasteiger partial charge in [0.1, 0.15) is 0 Å². The Hall–Kier alpha value is -1.98. The molecule has 2 nitrogen and oxygen atoms in total. The summed E-state index contributed by atoms with van der Waals surface area (Å²) in [7, 11) is 0. The van der Waals surface area contributed by atoms with Gasteiger partial charge in [0.15, 0.2) is 0 Å². The Bertz CT molecular complexity index is 617. The van der Waals surface area contributed by atoms with E-state index in [2.05, 4.69) is 11.8 Å². The monoisotopic (exact) mass is 229 g/mol. The number of hydrogen-bond donors (Lipinski definition) is 1. The second-order valence-electron chi connectivity index (χ2n) is 3.26. The Morgan fingerprint density at radius 3 is 2.56 bits per heavy atom. The lowest BCUT2D eigenvalue weighted by atomic mass is 10.0. The molecule has 2 aromatic carbocycles. The third kappa shape index (κ3) is 2.00. The van der Waals surface area contributed by atoms with Crippen LogP contribution >= 0.6 is 11.6 Å². The van der Waals surface area contributed by atoms with Gasteiger partial charge < -0.3 is 5.73 Å². The average molecular weight is 230 g/mol. The van der Waals surface area contributed by atoms with Gasteiger partial charge in [-0.1, -0.05) is 41.8 Å². The Kier molecular flexibility index (Phi) is 2.80. The average Bonchev–Trinajstić information content (AvgIpc) is 2.26. The largest absolute Gasteiger partial charge is 0.359 e. The minimum absolute atomic E-state index is 0.617. The summed E-state index contributed by atoms with van der Waals surface area (Å²) >= 11 is 6.09. The molecule has 2 rings (SSSR count). The highest BCUT2D eigenvalue weighted by molar-refractivity contribution is 6.36. The van der Waals surface area contributed by atoms with E-state index in [1.165, 1.54) is 0 Å². The molecule has 78 valence electrons. The summed E-state index contributed by atoms with van der Waals surface area (Å²) in [4.78, 5) is 10.6. The lowest BCUT2D eigenvalue weighted by Gasteiger charge is -2.02. The fraction of sp³-hybridized carbons (Fsp3) is 0. The molecule has 0 spiro atoms. The molecule has 0 radical (unpaired) electrons. The van der Waals surface area contributed by atoms with Gasteiger partial charge in [0, 0.05) is 21.9 Å². The fourth-order valence-electron chi connectivity index (χ4n) is 1.53. The van der Waals surface area contributed by atoms with Gasteiger partial charge in [0.2, 0.25) is 0 Å². The number of hydrogen-bond acceptors (Lipinski definition) is 1. The van der Waals surface area contributed by atoms with Gasteiger partial charge in [-0.3, -0.25) is 4.79 Å². The van der Waals surface area contributed by atoms with Crippen LogP contribution in [0.15, 0.2) is 36.4 Å². The third-order valence-electron chi connectivity index (χ3n) is 2.17. The van der Waals surface area contributed by atoms with Gasteiger partial charge in [0.05, 0.1) is 0 Å². The summed E-state index contributed by atoms with van der Waals surface area (Å²) in [6.45, 7) is 0. The molecule has 16 heavy (non-hydrogen) atoms. The van der Waals surface area contributed by atoms with Crippen LogP contribution in [0.2, 0.25) is 5.02 Å². The predicted molar refractivity (Wildman–Crippen MR) is 65.0 cm³/mol. The first-order valence-electron chi connectivity index (χ1n) is 4.67. The minimum Gasteiger partial charge on any atom is -0.359 e. The fourth-order valence-corrected chi connectivity index (χ4v) is 1.81. The molecule has 2 aromatic rings. The Morgan fingerprint density at radius 2 is 1.88 bits per heavy atom. The van der Waals surface area contributed by atoms with Crippen LogP contribution in [0.4, 0.5) is 0 Å². The summed E-state index contributed by atoms with van der Waals surface area (Å²) in [6.07, 6.45) is 0. The second kappa shape index (κ2) is 4.26.